The number of hydrogen-bond donors (Lipinski definition) is 1. The monoisotopic (exact) mass is 215 g/mol. The molecule has 0 radical (unpaired) electrons. The molecule has 0 aromatic rings. The Morgan fingerprint density at radius 2 is 2.13 bits per heavy atom. The Morgan fingerprint density at radius 1 is 1.47 bits per heavy atom. The van der Waals surface area contributed by atoms with E-state index in [1.165, 1.54) is 0 Å². The van der Waals surface area contributed by atoms with Gasteiger partial charge in [-0.2, -0.15) is 0 Å². The highest BCUT2D eigenvalue weighted by Gasteiger charge is 2.25. The van der Waals surface area contributed by atoms with Crippen molar-refractivity contribution in [1.82, 2.24) is 5.32 Å². The first-order chi connectivity index (χ1) is 6.88. The van der Waals surface area contributed by atoms with Gasteiger partial charge in [0.1, 0.15) is 5.60 Å². The summed E-state index contributed by atoms with van der Waals surface area (Å²) in [5.41, 5.74) is -0.442. The Morgan fingerprint density at radius 3 is 2.67 bits per heavy atom. The summed E-state index contributed by atoms with van der Waals surface area (Å²) in [7, 11) is 0. The summed E-state index contributed by atoms with van der Waals surface area (Å²) in [6, 6.07) is 0.0774. The molecule has 4 nitrogen and oxygen atoms in total. The number of alkyl carbamates (subject to hydrolysis) is 1. The lowest BCUT2D eigenvalue weighted by atomic mass is 9.97. The lowest BCUT2D eigenvalue weighted by Gasteiger charge is -2.30. The highest BCUT2D eigenvalue weighted by molar-refractivity contribution is 5.68. The third-order valence-electron chi connectivity index (χ3n) is 2.40. The normalized spacial score (nSPS) is 27.2. The fourth-order valence-corrected chi connectivity index (χ4v) is 1.49. The summed E-state index contributed by atoms with van der Waals surface area (Å²) in [4.78, 5) is 11.5. The predicted molar refractivity (Wildman–Crippen MR) is 57.8 cm³/mol. The van der Waals surface area contributed by atoms with Gasteiger partial charge < -0.3 is 14.8 Å². The molecule has 1 aliphatic heterocycles. The van der Waals surface area contributed by atoms with E-state index in [1.54, 1.807) is 0 Å². The van der Waals surface area contributed by atoms with Gasteiger partial charge in [0.05, 0.1) is 12.6 Å². The molecule has 0 spiro atoms. The van der Waals surface area contributed by atoms with Crippen molar-refractivity contribution >= 4 is 6.09 Å². The predicted octanol–water partition coefficient (Wildman–Crippen LogP) is 1.94. The van der Waals surface area contributed by atoms with Crippen LogP contribution in [0.1, 0.15) is 34.1 Å². The molecule has 1 saturated heterocycles. The second kappa shape index (κ2) is 4.84. The number of nitrogens with one attached hydrogen (secondary N) is 1. The van der Waals surface area contributed by atoms with Crippen LogP contribution in [0.15, 0.2) is 0 Å². The van der Waals surface area contributed by atoms with E-state index in [1.807, 2.05) is 20.8 Å². The molecule has 1 aliphatic rings. The smallest absolute Gasteiger partial charge is 0.407 e. The van der Waals surface area contributed by atoms with Crippen molar-refractivity contribution < 1.29 is 14.3 Å². The van der Waals surface area contributed by atoms with Crippen LogP contribution < -0.4 is 5.32 Å². The van der Waals surface area contributed by atoms with Crippen LogP contribution in [0.25, 0.3) is 0 Å². The minimum absolute atomic E-state index is 0.0774. The highest BCUT2D eigenvalue weighted by Crippen LogP contribution is 2.15. The molecule has 1 amide bonds. The maximum atomic E-state index is 11.5. The number of carbonyl (C=O) groups is 1. The van der Waals surface area contributed by atoms with Crippen LogP contribution in [0.2, 0.25) is 0 Å². The molecule has 1 heterocycles. The standard InChI is InChI=1S/C11H21NO3/c1-8-5-6-14-7-9(8)12-10(13)15-11(2,3)4/h8-9H,5-7H2,1-4H3,(H,12,13)/t8-,9-/m1/s1. The third-order valence-corrected chi connectivity index (χ3v) is 2.40. The molecule has 0 aromatic carbocycles. The van der Waals surface area contributed by atoms with E-state index in [9.17, 15) is 4.79 Å². The maximum Gasteiger partial charge on any atom is 0.407 e. The summed E-state index contributed by atoms with van der Waals surface area (Å²) >= 11 is 0. The SMILES string of the molecule is C[C@@H]1CCOC[C@H]1NC(=O)OC(C)(C)C. The average Bonchev–Trinajstić information content (AvgIpc) is 2.05. The Hall–Kier alpha value is -0.770. The Labute approximate surface area is 91.3 Å². The summed E-state index contributed by atoms with van der Waals surface area (Å²) in [5.74, 6) is 0.450. The number of ether oxygens (including phenoxy) is 2. The number of carbonyl (C=O) groups excluding carboxylic acids is 1. The van der Waals surface area contributed by atoms with Crippen LogP contribution in [-0.2, 0) is 9.47 Å². The second-order valence-corrected chi connectivity index (χ2v) is 5.09. The molecular formula is C11H21NO3. The minimum atomic E-state index is -0.442. The molecule has 2 atom stereocenters. The van der Waals surface area contributed by atoms with Gasteiger partial charge in [0.25, 0.3) is 0 Å². The van der Waals surface area contributed by atoms with E-state index in [2.05, 4.69) is 12.2 Å². The average molecular weight is 215 g/mol. The van der Waals surface area contributed by atoms with Gasteiger partial charge >= 0.3 is 6.09 Å². The van der Waals surface area contributed by atoms with Gasteiger partial charge in [-0.1, -0.05) is 6.92 Å². The van der Waals surface area contributed by atoms with Gasteiger partial charge in [0, 0.05) is 6.61 Å². The summed E-state index contributed by atoms with van der Waals surface area (Å²) in [5, 5.41) is 2.84. The molecule has 1 fully saturated rings. The Bertz CT molecular complexity index is 222. The van der Waals surface area contributed by atoms with E-state index < -0.39 is 5.60 Å². The molecule has 0 saturated carbocycles. The largest absolute Gasteiger partial charge is 0.444 e. The van der Waals surface area contributed by atoms with Crippen LogP contribution in [0, 0.1) is 5.92 Å². The van der Waals surface area contributed by atoms with Crippen LogP contribution in [-0.4, -0.2) is 30.9 Å². The van der Waals surface area contributed by atoms with Crippen LogP contribution >= 0.6 is 0 Å². The molecule has 0 unspecified atom stereocenters. The van der Waals surface area contributed by atoms with E-state index >= 15 is 0 Å². The number of amides is 1. The van der Waals surface area contributed by atoms with E-state index in [4.69, 9.17) is 9.47 Å². The zero-order valence-electron chi connectivity index (χ0n) is 10.0. The zero-order valence-corrected chi connectivity index (χ0v) is 10.0. The zero-order chi connectivity index (χ0) is 11.5. The molecule has 0 aromatic heterocycles. The van der Waals surface area contributed by atoms with E-state index in [0.717, 1.165) is 13.0 Å². The van der Waals surface area contributed by atoms with Crippen molar-refractivity contribution in [3.8, 4) is 0 Å². The quantitative estimate of drug-likeness (QED) is 0.727. The van der Waals surface area contributed by atoms with E-state index in [0.29, 0.717) is 12.5 Å². The van der Waals surface area contributed by atoms with Crippen molar-refractivity contribution in [1.29, 1.82) is 0 Å². The van der Waals surface area contributed by atoms with Crippen molar-refractivity contribution in [2.75, 3.05) is 13.2 Å². The molecule has 15 heavy (non-hydrogen) atoms. The van der Waals surface area contributed by atoms with Crippen LogP contribution in [0.3, 0.4) is 0 Å². The van der Waals surface area contributed by atoms with Crippen LogP contribution in [0.4, 0.5) is 4.79 Å². The fourth-order valence-electron chi connectivity index (χ4n) is 1.49. The first-order valence-electron chi connectivity index (χ1n) is 5.46. The molecule has 4 heteroatoms. The second-order valence-electron chi connectivity index (χ2n) is 5.09. The third kappa shape index (κ3) is 4.51. The highest BCUT2D eigenvalue weighted by atomic mass is 16.6. The Balaban J connectivity index is 2.36. The van der Waals surface area contributed by atoms with Crippen molar-refractivity contribution in [3.63, 3.8) is 0 Å². The lowest BCUT2D eigenvalue weighted by Crippen LogP contribution is -2.47. The first-order valence-corrected chi connectivity index (χ1v) is 5.46. The number of rotatable bonds is 1. The van der Waals surface area contributed by atoms with Gasteiger partial charge in [-0.15, -0.1) is 0 Å². The van der Waals surface area contributed by atoms with E-state index in [-0.39, 0.29) is 12.1 Å². The molecule has 0 aliphatic carbocycles. The van der Waals surface area contributed by atoms with Gasteiger partial charge in [-0.05, 0) is 33.1 Å². The molecular weight excluding hydrogens is 194 g/mol. The fraction of sp³-hybridized carbons (Fsp3) is 0.909. The summed E-state index contributed by atoms with van der Waals surface area (Å²) in [6.07, 6.45) is 0.630. The molecule has 1 rings (SSSR count). The first kappa shape index (κ1) is 12.3. The van der Waals surface area contributed by atoms with Gasteiger partial charge in [-0.25, -0.2) is 4.79 Å². The van der Waals surface area contributed by atoms with Crippen molar-refractivity contribution in [2.24, 2.45) is 5.92 Å². The maximum absolute atomic E-state index is 11.5. The molecule has 0 bridgehead atoms. The summed E-state index contributed by atoms with van der Waals surface area (Å²) in [6.45, 7) is 9.05. The number of hydrogen-bond acceptors (Lipinski definition) is 3. The topological polar surface area (TPSA) is 47.6 Å². The van der Waals surface area contributed by atoms with Crippen LogP contribution in [0.5, 0.6) is 0 Å². The van der Waals surface area contributed by atoms with Gasteiger partial charge in [0.2, 0.25) is 0 Å². The summed E-state index contributed by atoms with van der Waals surface area (Å²) < 4.78 is 10.5. The van der Waals surface area contributed by atoms with Gasteiger partial charge in [-0.3, -0.25) is 0 Å². The van der Waals surface area contributed by atoms with Gasteiger partial charge in [0.15, 0.2) is 0 Å². The van der Waals surface area contributed by atoms with Crippen molar-refractivity contribution in [2.45, 2.75) is 45.8 Å². The lowest BCUT2D eigenvalue weighted by molar-refractivity contribution is 0.0207. The Kier molecular flexibility index (Phi) is 3.97. The van der Waals surface area contributed by atoms with Crippen molar-refractivity contribution in [3.05, 3.63) is 0 Å². The molecule has 1 N–H and O–H groups in total. The minimum Gasteiger partial charge on any atom is -0.444 e. The molecule has 88 valence electrons.